The number of ether oxygens (including phenoxy) is 1. The molecule has 2 heterocycles. The highest BCUT2D eigenvalue weighted by atomic mass is 32.1. The summed E-state index contributed by atoms with van der Waals surface area (Å²) in [6.07, 6.45) is 5.77. The van der Waals surface area contributed by atoms with Gasteiger partial charge < -0.3 is 10.1 Å². The first kappa shape index (κ1) is 15.2. The monoisotopic (exact) mass is 319 g/mol. The van der Waals surface area contributed by atoms with Crippen LogP contribution in [0.3, 0.4) is 0 Å². The Kier molecular flexibility index (Phi) is 4.57. The Bertz CT molecular complexity index is 683. The first-order chi connectivity index (χ1) is 10.7. The molecule has 6 heteroatoms. The third-order valence-corrected chi connectivity index (χ3v) is 5.13. The average molecular weight is 319 g/mol. The SMILES string of the molecule is CCCNC(=O)COc1ncnc2sc3c(c12)CC[C@H](C)C3. The van der Waals surface area contributed by atoms with Crippen molar-refractivity contribution in [3.05, 3.63) is 16.8 Å². The van der Waals surface area contributed by atoms with E-state index in [1.807, 2.05) is 6.92 Å². The van der Waals surface area contributed by atoms with Crippen LogP contribution in [0.4, 0.5) is 0 Å². The van der Waals surface area contributed by atoms with Crippen LogP contribution in [-0.2, 0) is 17.6 Å². The second-order valence-corrected chi connectivity index (χ2v) is 6.93. The Balaban J connectivity index is 1.82. The van der Waals surface area contributed by atoms with Crippen molar-refractivity contribution < 1.29 is 9.53 Å². The van der Waals surface area contributed by atoms with Gasteiger partial charge >= 0.3 is 0 Å². The Morgan fingerprint density at radius 3 is 3.18 bits per heavy atom. The second-order valence-electron chi connectivity index (χ2n) is 5.85. The molecule has 0 radical (unpaired) electrons. The summed E-state index contributed by atoms with van der Waals surface area (Å²) >= 11 is 1.73. The van der Waals surface area contributed by atoms with E-state index in [1.165, 1.54) is 23.2 Å². The van der Waals surface area contributed by atoms with Gasteiger partial charge in [0.2, 0.25) is 5.88 Å². The molecule has 0 bridgehead atoms. The van der Waals surface area contributed by atoms with Crippen molar-refractivity contribution in [2.75, 3.05) is 13.2 Å². The summed E-state index contributed by atoms with van der Waals surface area (Å²) < 4.78 is 5.67. The topological polar surface area (TPSA) is 64.1 Å². The lowest BCUT2D eigenvalue weighted by Crippen LogP contribution is -2.29. The lowest BCUT2D eigenvalue weighted by molar-refractivity contribution is -0.123. The standard InChI is InChI=1S/C16H21N3O2S/c1-3-6-17-13(20)8-21-15-14-11-5-4-10(2)7-12(11)22-16(14)19-9-18-15/h9-10H,3-8H2,1-2H3,(H,17,20)/t10-/m0/s1. The molecule has 0 aromatic carbocycles. The number of thiophene rings is 1. The predicted molar refractivity (Wildman–Crippen MR) is 87.4 cm³/mol. The number of nitrogens with zero attached hydrogens (tertiary/aromatic N) is 2. The van der Waals surface area contributed by atoms with Gasteiger partial charge in [-0.2, -0.15) is 0 Å². The number of amides is 1. The summed E-state index contributed by atoms with van der Waals surface area (Å²) in [7, 11) is 0. The summed E-state index contributed by atoms with van der Waals surface area (Å²) in [5, 5.41) is 3.82. The third kappa shape index (κ3) is 3.06. The van der Waals surface area contributed by atoms with E-state index in [1.54, 1.807) is 11.3 Å². The minimum Gasteiger partial charge on any atom is -0.467 e. The molecule has 3 rings (SSSR count). The van der Waals surface area contributed by atoms with Crippen LogP contribution in [0.1, 0.15) is 37.1 Å². The van der Waals surface area contributed by atoms with E-state index < -0.39 is 0 Å². The van der Waals surface area contributed by atoms with Gasteiger partial charge in [-0.1, -0.05) is 13.8 Å². The van der Waals surface area contributed by atoms with Gasteiger partial charge in [-0.25, -0.2) is 9.97 Å². The minimum atomic E-state index is -0.105. The van der Waals surface area contributed by atoms with Gasteiger partial charge in [0.1, 0.15) is 11.2 Å². The van der Waals surface area contributed by atoms with Gasteiger partial charge in [0.25, 0.3) is 5.91 Å². The van der Waals surface area contributed by atoms with Crippen molar-refractivity contribution in [3.8, 4) is 5.88 Å². The molecule has 5 nitrogen and oxygen atoms in total. The zero-order valence-corrected chi connectivity index (χ0v) is 13.8. The Hall–Kier alpha value is -1.69. The average Bonchev–Trinajstić information content (AvgIpc) is 2.88. The van der Waals surface area contributed by atoms with E-state index in [0.717, 1.165) is 35.4 Å². The molecule has 0 fully saturated rings. The van der Waals surface area contributed by atoms with E-state index >= 15 is 0 Å². The number of hydrogen-bond donors (Lipinski definition) is 1. The fourth-order valence-electron chi connectivity index (χ4n) is 2.80. The number of nitrogens with one attached hydrogen (secondary N) is 1. The number of rotatable bonds is 5. The lowest BCUT2D eigenvalue weighted by atomic mass is 9.89. The molecule has 22 heavy (non-hydrogen) atoms. The first-order valence-corrected chi connectivity index (χ1v) is 8.65. The highest BCUT2D eigenvalue weighted by Crippen LogP contribution is 2.40. The Labute approximate surface area is 134 Å². The fourth-order valence-corrected chi connectivity index (χ4v) is 4.15. The van der Waals surface area contributed by atoms with Crippen LogP contribution in [-0.4, -0.2) is 29.0 Å². The zero-order chi connectivity index (χ0) is 15.5. The van der Waals surface area contributed by atoms with Gasteiger partial charge in [0.05, 0.1) is 5.39 Å². The van der Waals surface area contributed by atoms with E-state index in [9.17, 15) is 4.79 Å². The van der Waals surface area contributed by atoms with E-state index in [4.69, 9.17) is 4.74 Å². The summed E-state index contributed by atoms with van der Waals surface area (Å²) in [6.45, 7) is 4.99. The maximum atomic E-state index is 11.7. The van der Waals surface area contributed by atoms with Crippen LogP contribution >= 0.6 is 11.3 Å². The smallest absolute Gasteiger partial charge is 0.258 e. The molecule has 0 spiro atoms. The third-order valence-electron chi connectivity index (χ3n) is 3.97. The molecular formula is C16H21N3O2S. The predicted octanol–water partition coefficient (Wildman–Crippen LogP) is 2.72. The fraction of sp³-hybridized carbons (Fsp3) is 0.562. The van der Waals surface area contributed by atoms with Crippen molar-refractivity contribution >= 4 is 27.5 Å². The van der Waals surface area contributed by atoms with Crippen LogP contribution in [0, 0.1) is 5.92 Å². The van der Waals surface area contributed by atoms with Gasteiger partial charge in [-0.15, -0.1) is 11.3 Å². The molecule has 1 aliphatic carbocycles. The highest BCUT2D eigenvalue weighted by molar-refractivity contribution is 7.18. The number of fused-ring (bicyclic) bond motifs is 3. The van der Waals surface area contributed by atoms with E-state index in [2.05, 4.69) is 22.2 Å². The summed E-state index contributed by atoms with van der Waals surface area (Å²) in [5.41, 5.74) is 1.32. The largest absolute Gasteiger partial charge is 0.467 e. The van der Waals surface area contributed by atoms with Crippen molar-refractivity contribution in [2.24, 2.45) is 5.92 Å². The quantitative estimate of drug-likeness (QED) is 0.920. The molecule has 2 aromatic rings. The van der Waals surface area contributed by atoms with Crippen molar-refractivity contribution in [2.45, 2.75) is 39.5 Å². The lowest BCUT2D eigenvalue weighted by Gasteiger charge is -2.18. The Morgan fingerprint density at radius 2 is 2.36 bits per heavy atom. The molecule has 0 aliphatic heterocycles. The van der Waals surface area contributed by atoms with Gasteiger partial charge in [0, 0.05) is 11.4 Å². The molecular weight excluding hydrogens is 298 g/mol. The van der Waals surface area contributed by atoms with E-state index in [0.29, 0.717) is 12.4 Å². The maximum absolute atomic E-state index is 11.7. The number of hydrogen-bond acceptors (Lipinski definition) is 5. The number of aryl methyl sites for hydroxylation is 1. The van der Waals surface area contributed by atoms with Crippen LogP contribution in [0.25, 0.3) is 10.2 Å². The van der Waals surface area contributed by atoms with Crippen LogP contribution in [0.5, 0.6) is 5.88 Å². The van der Waals surface area contributed by atoms with Crippen molar-refractivity contribution in [1.29, 1.82) is 0 Å². The van der Waals surface area contributed by atoms with E-state index in [-0.39, 0.29) is 12.5 Å². The summed E-state index contributed by atoms with van der Waals surface area (Å²) in [4.78, 5) is 22.7. The van der Waals surface area contributed by atoms with Gasteiger partial charge in [-0.3, -0.25) is 4.79 Å². The number of carbonyl (C=O) groups is 1. The minimum absolute atomic E-state index is 0.00708. The molecule has 1 amide bonds. The molecule has 118 valence electrons. The Morgan fingerprint density at radius 1 is 1.50 bits per heavy atom. The maximum Gasteiger partial charge on any atom is 0.258 e. The van der Waals surface area contributed by atoms with Gasteiger partial charge in [0.15, 0.2) is 6.61 Å². The second kappa shape index (κ2) is 6.60. The normalized spacial score (nSPS) is 17.3. The first-order valence-electron chi connectivity index (χ1n) is 7.83. The molecule has 1 aliphatic rings. The summed E-state index contributed by atoms with van der Waals surface area (Å²) in [5.74, 6) is 1.16. The highest BCUT2D eigenvalue weighted by Gasteiger charge is 2.23. The zero-order valence-electron chi connectivity index (χ0n) is 13.0. The van der Waals surface area contributed by atoms with Crippen LogP contribution in [0.2, 0.25) is 0 Å². The molecule has 1 N–H and O–H groups in total. The number of carbonyl (C=O) groups excluding carboxylic acids is 1. The molecule has 0 saturated carbocycles. The number of aromatic nitrogens is 2. The van der Waals surface area contributed by atoms with Gasteiger partial charge in [-0.05, 0) is 37.2 Å². The van der Waals surface area contributed by atoms with Crippen LogP contribution < -0.4 is 10.1 Å². The molecule has 0 saturated heterocycles. The molecule has 1 atom stereocenters. The van der Waals surface area contributed by atoms with Crippen LogP contribution in [0.15, 0.2) is 6.33 Å². The van der Waals surface area contributed by atoms with Crippen molar-refractivity contribution in [1.82, 2.24) is 15.3 Å². The molecule has 2 aromatic heterocycles. The summed E-state index contributed by atoms with van der Waals surface area (Å²) in [6, 6.07) is 0. The molecule has 0 unspecified atom stereocenters. The van der Waals surface area contributed by atoms with Crippen molar-refractivity contribution in [3.63, 3.8) is 0 Å².